The number of hydrogen-bond acceptors (Lipinski definition) is 7. The van der Waals surface area contributed by atoms with E-state index >= 15 is 0 Å². The van der Waals surface area contributed by atoms with Crippen molar-refractivity contribution < 1.29 is 24.2 Å². The van der Waals surface area contributed by atoms with Crippen LogP contribution in [0.1, 0.15) is 45.4 Å². The van der Waals surface area contributed by atoms with Crippen molar-refractivity contribution in [1.82, 2.24) is 9.55 Å². The second-order valence-electron chi connectivity index (χ2n) is 6.85. The van der Waals surface area contributed by atoms with E-state index in [1.807, 2.05) is 6.92 Å². The van der Waals surface area contributed by atoms with Gasteiger partial charge in [0, 0.05) is 18.7 Å². The van der Waals surface area contributed by atoms with Gasteiger partial charge >= 0.3 is 5.97 Å². The molecular weight excluding hydrogens is 422 g/mol. The maximum atomic E-state index is 13.0. The highest BCUT2D eigenvalue weighted by Gasteiger charge is 2.23. The van der Waals surface area contributed by atoms with Crippen LogP contribution in [0.4, 0.5) is 5.69 Å². The van der Waals surface area contributed by atoms with Gasteiger partial charge in [-0.15, -0.1) is 11.3 Å². The van der Waals surface area contributed by atoms with Crippen LogP contribution in [0.25, 0.3) is 10.2 Å². The molecule has 10 heteroatoms. The molecule has 2 N–H and O–H groups in total. The summed E-state index contributed by atoms with van der Waals surface area (Å²) in [5, 5.41) is 12.6. The zero-order chi connectivity index (χ0) is 22.7. The van der Waals surface area contributed by atoms with E-state index in [1.165, 1.54) is 32.7 Å². The Labute approximate surface area is 182 Å². The van der Waals surface area contributed by atoms with Crippen LogP contribution in [0.15, 0.2) is 23.3 Å². The molecule has 0 saturated heterocycles. The van der Waals surface area contributed by atoms with Crippen LogP contribution in [-0.4, -0.2) is 40.8 Å². The van der Waals surface area contributed by atoms with Crippen molar-refractivity contribution >= 4 is 39.1 Å². The number of ether oxygens (including phenoxy) is 2. The van der Waals surface area contributed by atoms with Gasteiger partial charge in [0.05, 0.1) is 42.1 Å². The molecule has 2 aromatic heterocycles. The van der Waals surface area contributed by atoms with Crippen molar-refractivity contribution in [3.63, 3.8) is 0 Å². The SMILES string of the molecule is CCCCn1cnc2sc(C(=O)Nc3cc(OC)c(OC)cc3C(=O)O)c(C)c2c1=O. The summed E-state index contributed by atoms with van der Waals surface area (Å²) in [7, 11) is 2.80. The van der Waals surface area contributed by atoms with Crippen LogP contribution in [0.3, 0.4) is 0 Å². The second-order valence-corrected chi connectivity index (χ2v) is 7.84. The van der Waals surface area contributed by atoms with Gasteiger partial charge in [-0.05, 0) is 18.9 Å². The third kappa shape index (κ3) is 4.24. The van der Waals surface area contributed by atoms with E-state index in [-0.39, 0.29) is 28.3 Å². The van der Waals surface area contributed by atoms with Gasteiger partial charge in [-0.1, -0.05) is 13.3 Å². The number of carbonyl (C=O) groups excluding carboxylic acids is 1. The fraction of sp³-hybridized carbons (Fsp3) is 0.333. The molecule has 0 atom stereocenters. The third-order valence-corrected chi connectivity index (χ3v) is 6.08. The number of rotatable bonds is 8. The minimum absolute atomic E-state index is 0.0559. The number of fused-ring (bicyclic) bond motifs is 1. The number of aromatic nitrogens is 2. The average molecular weight is 445 g/mol. The topological polar surface area (TPSA) is 120 Å². The fourth-order valence-corrected chi connectivity index (χ4v) is 4.24. The molecular formula is C21H23N3O6S. The molecule has 31 heavy (non-hydrogen) atoms. The van der Waals surface area contributed by atoms with E-state index in [4.69, 9.17) is 9.47 Å². The fourth-order valence-electron chi connectivity index (χ4n) is 3.20. The zero-order valence-electron chi connectivity index (χ0n) is 17.6. The Morgan fingerprint density at radius 3 is 2.52 bits per heavy atom. The average Bonchev–Trinajstić information content (AvgIpc) is 3.10. The smallest absolute Gasteiger partial charge is 0.337 e. The Hall–Kier alpha value is -3.40. The summed E-state index contributed by atoms with van der Waals surface area (Å²) in [6, 6.07) is 2.67. The lowest BCUT2D eigenvalue weighted by molar-refractivity contribution is 0.0697. The second kappa shape index (κ2) is 9.17. The number of anilines is 1. The summed E-state index contributed by atoms with van der Waals surface area (Å²) >= 11 is 1.09. The third-order valence-electron chi connectivity index (χ3n) is 4.88. The van der Waals surface area contributed by atoms with Crippen LogP contribution >= 0.6 is 11.3 Å². The molecule has 164 valence electrons. The summed E-state index contributed by atoms with van der Waals surface area (Å²) in [6.45, 7) is 4.28. The Bertz CT molecular complexity index is 1210. The first kappa shape index (κ1) is 22.3. The Balaban J connectivity index is 2.03. The van der Waals surface area contributed by atoms with Gasteiger partial charge in [0.1, 0.15) is 4.83 Å². The van der Waals surface area contributed by atoms with E-state index in [0.717, 1.165) is 24.2 Å². The molecule has 3 aromatic rings. The lowest BCUT2D eigenvalue weighted by Gasteiger charge is -2.13. The minimum Gasteiger partial charge on any atom is -0.493 e. The molecule has 1 aromatic carbocycles. The number of nitrogens with one attached hydrogen (secondary N) is 1. The molecule has 3 rings (SSSR count). The number of aromatic carboxylic acids is 1. The Morgan fingerprint density at radius 1 is 1.23 bits per heavy atom. The summed E-state index contributed by atoms with van der Waals surface area (Å²) < 4.78 is 11.9. The largest absolute Gasteiger partial charge is 0.493 e. The number of nitrogens with zero attached hydrogens (tertiary/aromatic N) is 2. The van der Waals surface area contributed by atoms with Crippen LogP contribution in [0.2, 0.25) is 0 Å². The lowest BCUT2D eigenvalue weighted by atomic mass is 10.1. The van der Waals surface area contributed by atoms with Gasteiger partial charge in [0.25, 0.3) is 11.5 Å². The van der Waals surface area contributed by atoms with E-state index in [2.05, 4.69) is 10.3 Å². The number of unbranched alkanes of at least 4 members (excludes halogenated alkanes) is 1. The summed E-state index contributed by atoms with van der Waals surface area (Å²) in [4.78, 5) is 42.6. The van der Waals surface area contributed by atoms with Gasteiger partial charge < -0.3 is 19.9 Å². The normalized spacial score (nSPS) is 10.8. The lowest BCUT2D eigenvalue weighted by Crippen LogP contribution is -2.20. The Morgan fingerprint density at radius 2 is 1.90 bits per heavy atom. The number of carboxylic acids is 1. The van der Waals surface area contributed by atoms with Gasteiger partial charge in [-0.25, -0.2) is 9.78 Å². The molecule has 0 unspecified atom stereocenters. The maximum absolute atomic E-state index is 13.0. The molecule has 2 heterocycles. The number of amides is 1. The summed E-state index contributed by atoms with van der Waals surface area (Å²) in [5.41, 5.74) is 0.229. The molecule has 0 bridgehead atoms. The molecule has 0 radical (unpaired) electrons. The van der Waals surface area contributed by atoms with E-state index in [0.29, 0.717) is 27.2 Å². The zero-order valence-corrected chi connectivity index (χ0v) is 18.5. The number of thiophene rings is 1. The molecule has 0 spiro atoms. The van der Waals surface area contributed by atoms with Crippen molar-refractivity contribution in [3.8, 4) is 11.5 Å². The monoisotopic (exact) mass is 445 g/mol. The van der Waals surface area contributed by atoms with Crippen LogP contribution in [0, 0.1) is 6.92 Å². The number of carboxylic acid groups (broad SMARTS) is 1. The van der Waals surface area contributed by atoms with Crippen molar-refractivity contribution in [2.45, 2.75) is 33.2 Å². The minimum atomic E-state index is -1.23. The molecule has 0 fully saturated rings. The highest BCUT2D eigenvalue weighted by Crippen LogP contribution is 2.34. The Kier molecular flexibility index (Phi) is 6.59. The molecule has 0 aliphatic carbocycles. The highest BCUT2D eigenvalue weighted by atomic mass is 32.1. The van der Waals surface area contributed by atoms with Crippen LogP contribution < -0.4 is 20.3 Å². The van der Waals surface area contributed by atoms with Gasteiger partial charge in [0.2, 0.25) is 0 Å². The molecule has 0 aliphatic rings. The van der Waals surface area contributed by atoms with E-state index in [1.54, 1.807) is 11.5 Å². The predicted molar refractivity (Wildman–Crippen MR) is 118 cm³/mol. The van der Waals surface area contributed by atoms with Gasteiger partial charge in [0.15, 0.2) is 11.5 Å². The van der Waals surface area contributed by atoms with Crippen molar-refractivity contribution in [1.29, 1.82) is 0 Å². The van der Waals surface area contributed by atoms with E-state index < -0.39 is 11.9 Å². The highest BCUT2D eigenvalue weighted by molar-refractivity contribution is 7.20. The van der Waals surface area contributed by atoms with Gasteiger partial charge in [-0.2, -0.15) is 0 Å². The van der Waals surface area contributed by atoms with Gasteiger partial charge in [-0.3, -0.25) is 14.2 Å². The summed E-state index contributed by atoms with van der Waals surface area (Å²) in [5.74, 6) is -1.26. The molecule has 0 saturated carbocycles. The molecule has 9 nitrogen and oxygen atoms in total. The quantitative estimate of drug-likeness (QED) is 0.544. The standard InChI is InChI=1S/C21H23N3O6S/c1-5-6-7-24-10-22-19-16(20(24)26)11(2)17(31-19)18(25)23-13-9-15(30-4)14(29-3)8-12(13)21(27)28/h8-10H,5-7H2,1-4H3,(H,23,25)(H,27,28). The van der Waals surface area contributed by atoms with Crippen molar-refractivity contribution in [3.05, 3.63) is 44.8 Å². The first-order valence-corrected chi connectivity index (χ1v) is 10.4. The first-order valence-electron chi connectivity index (χ1n) is 9.61. The number of carbonyl (C=O) groups is 2. The number of aryl methyl sites for hydroxylation is 2. The first-order chi connectivity index (χ1) is 14.8. The van der Waals surface area contributed by atoms with E-state index in [9.17, 15) is 19.5 Å². The maximum Gasteiger partial charge on any atom is 0.337 e. The predicted octanol–water partition coefficient (Wildman–Crippen LogP) is 3.53. The molecule has 0 aliphatic heterocycles. The number of methoxy groups -OCH3 is 2. The molecule has 1 amide bonds. The summed E-state index contributed by atoms with van der Waals surface area (Å²) in [6.07, 6.45) is 3.29. The number of hydrogen-bond donors (Lipinski definition) is 2. The van der Waals surface area contributed by atoms with Crippen molar-refractivity contribution in [2.24, 2.45) is 0 Å². The van der Waals surface area contributed by atoms with Crippen molar-refractivity contribution in [2.75, 3.05) is 19.5 Å². The van der Waals surface area contributed by atoms with Crippen LogP contribution in [-0.2, 0) is 6.54 Å². The number of benzene rings is 1. The van der Waals surface area contributed by atoms with Crippen LogP contribution in [0.5, 0.6) is 11.5 Å².